The molecule has 4 nitrogen and oxygen atoms in total. The fraction of sp³-hybridized carbons (Fsp3) is 0.952. The summed E-state index contributed by atoms with van der Waals surface area (Å²) in [6.07, 6.45) is 41.8. The second kappa shape index (κ2) is 33.8. The Morgan fingerprint density at radius 3 is 0.978 bits per heavy atom. The van der Waals surface area contributed by atoms with E-state index < -0.39 is 11.5 Å². The van der Waals surface area contributed by atoms with Crippen LogP contribution in [0.5, 0.6) is 0 Å². The zero-order chi connectivity index (χ0) is 34.0. The Labute approximate surface area is 289 Å². The fourth-order valence-corrected chi connectivity index (χ4v) is 7.29. The fourth-order valence-electron chi connectivity index (χ4n) is 7.29. The third kappa shape index (κ3) is 26.9. The summed E-state index contributed by atoms with van der Waals surface area (Å²) in [6, 6.07) is 0. The Balaban J connectivity index is 4.78. The largest absolute Gasteiger partial charge is 0.481 e. The molecule has 1 atom stereocenters. The molecule has 0 aliphatic heterocycles. The lowest BCUT2D eigenvalue weighted by atomic mass is 9.81. The number of rotatable bonds is 37. The molecule has 46 heavy (non-hydrogen) atoms. The van der Waals surface area contributed by atoms with Gasteiger partial charge >= 0.3 is 5.97 Å². The van der Waals surface area contributed by atoms with Crippen molar-refractivity contribution in [3.63, 3.8) is 0 Å². The van der Waals surface area contributed by atoms with Gasteiger partial charge in [0.2, 0.25) is 5.91 Å². The SMILES string of the molecule is CCCCCCCCCCCCCCC(CCCCCCCCCC)(CC(=O)O)N(C)C(=O)CCCCCCCCCCCCC. The number of aliphatic carboxylic acids is 1. The van der Waals surface area contributed by atoms with Crippen molar-refractivity contribution in [2.75, 3.05) is 7.05 Å². The van der Waals surface area contributed by atoms with E-state index in [0.29, 0.717) is 6.42 Å². The van der Waals surface area contributed by atoms with Crippen LogP contribution in [-0.2, 0) is 9.59 Å². The zero-order valence-electron chi connectivity index (χ0n) is 32.0. The van der Waals surface area contributed by atoms with Crippen LogP contribution in [0, 0.1) is 0 Å². The molecule has 1 unspecified atom stereocenters. The average molecular weight is 650 g/mol. The standard InChI is InChI=1S/C42H83NO3/c1-5-8-11-14-17-20-22-24-26-29-32-35-38-42(39-41(45)46,37-34-31-28-19-16-13-10-7-3)43(4)40(44)36-33-30-27-25-23-21-18-15-12-9-6-2/h5-39H2,1-4H3,(H,45,46). The molecule has 0 aromatic heterocycles. The molecule has 0 radical (unpaired) electrons. The van der Waals surface area contributed by atoms with E-state index in [1.165, 1.54) is 161 Å². The summed E-state index contributed by atoms with van der Waals surface area (Å²) >= 11 is 0. The summed E-state index contributed by atoms with van der Waals surface area (Å²) in [7, 11) is 1.93. The van der Waals surface area contributed by atoms with E-state index >= 15 is 0 Å². The van der Waals surface area contributed by atoms with Crippen molar-refractivity contribution in [1.82, 2.24) is 4.90 Å². The number of carboxylic acid groups (broad SMARTS) is 1. The molecule has 0 rings (SSSR count). The Bertz CT molecular complexity index is 665. The highest BCUT2D eigenvalue weighted by atomic mass is 16.4. The smallest absolute Gasteiger partial charge is 0.305 e. The maximum atomic E-state index is 13.5. The van der Waals surface area contributed by atoms with Crippen LogP contribution < -0.4 is 0 Å². The van der Waals surface area contributed by atoms with Gasteiger partial charge in [-0.1, -0.05) is 213 Å². The van der Waals surface area contributed by atoms with E-state index in [1.807, 2.05) is 11.9 Å². The molecule has 0 spiro atoms. The van der Waals surface area contributed by atoms with Crippen molar-refractivity contribution in [1.29, 1.82) is 0 Å². The number of carboxylic acids is 1. The van der Waals surface area contributed by atoms with Gasteiger partial charge in [-0.3, -0.25) is 9.59 Å². The highest BCUT2D eigenvalue weighted by Crippen LogP contribution is 2.33. The molecule has 1 N–H and O–H groups in total. The molecule has 0 aromatic rings. The molecule has 1 amide bonds. The van der Waals surface area contributed by atoms with Crippen molar-refractivity contribution in [3.8, 4) is 0 Å². The van der Waals surface area contributed by atoms with E-state index in [9.17, 15) is 14.7 Å². The molecule has 274 valence electrons. The highest BCUT2D eigenvalue weighted by molar-refractivity contribution is 5.78. The molecule has 0 fully saturated rings. The van der Waals surface area contributed by atoms with Gasteiger partial charge in [0.05, 0.1) is 12.0 Å². The lowest BCUT2D eigenvalue weighted by molar-refractivity contribution is -0.145. The Morgan fingerprint density at radius 2 is 0.696 bits per heavy atom. The van der Waals surface area contributed by atoms with Gasteiger partial charge < -0.3 is 10.0 Å². The summed E-state index contributed by atoms with van der Waals surface area (Å²) in [4.78, 5) is 27.6. The van der Waals surface area contributed by atoms with Crippen LogP contribution in [0.15, 0.2) is 0 Å². The Kier molecular flexibility index (Phi) is 33.0. The number of unbranched alkanes of at least 4 members (excludes halogenated alkanes) is 28. The second-order valence-corrected chi connectivity index (χ2v) is 14.9. The lowest BCUT2D eigenvalue weighted by Gasteiger charge is -2.42. The van der Waals surface area contributed by atoms with Gasteiger partial charge in [-0.15, -0.1) is 0 Å². The zero-order valence-corrected chi connectivity index (χ0v) is 32.0. The quantitative estimate of drug-likeness (QED) is 0.0681. The monoisotopic (exact) mass is 650 g/mol. The normalized spacial score (nSPS) is 12.8. The predicted octanol–water partition coefficient (Wildman–Crippen LogP) is 14.0. The van der Waals surface area contributed by atoms with Gasteiger partial charge in [-0.25, -0.2) is 0 Å². The molecular weight excluding hydrogens is 566 g/mol. The first-order chi connectivity index (χ1) is 22.4. The molecule has 0 aromatic carbocycles. The first kappa shape index (κ1) is 44.9. The minimum atomic E-state index is -0.757. The third-order valence-corrected chi connectivity index (χ3v) is 10.6. The molecule has 0 aliphatic carbocycles. The van der Waals surface area contributed by atoms with E-state index in [2.05, 4.69) is 20.8 Å². The number of carbonyl (C=O) groups is 2. The Morgan fingerprint density at radius 1 is 0.435 bits per heavy atom. The number of carbonyl (C=O) groups excluding carboxylic acids is 1. The number of hydrogen-bond acceptors (Lipinski definition) is 2. The third-order valence-electron chi connectivity index (χ3n) is 10.6. The molecule has 0 heterocycles. The number of hydrogen-bond donors (Lipinski definition) is 1. The van der Waals surface area contributed by atoms with Crippen molar-refractivity contribution < 1.29 is 14.7 Å². The number of amides is 1. The first-order valence-corrected chi connectivity index (χ1v) is 20.9. The van der Waals surface area contributed by atoms with Gasteiger partial charge in [-0.2, -0.15) is 0 Å². The van der Waals surface area contributed by atoms with Gasteiger partial charge in [0.15, 0.2) is 0 Å². The van der Waals surface area contributed by atoms with Gasteiger partial charge in [0, 0.05) is 13.5 Å². The van der Waals surface area contributed by atoms with Crippen LogP contribution in [0.1, 0.15) is 245 Å². The molecular formula is C42H83NO3. The minimum Gasteiger partial charge on any atom is -0.481 e. The van der Waals surface area contributed by atoms with Crippen molar-refractivity contribution in [3.05, 3.63) is 0 Å². The summed E-state index contributed by atoms with van der Waals surface area (Å²) in [5, 5.41) is 10.0. The van der Waals surface area contributed by atoms with E-state index in [1.54, 1.807) is 0 Å². The van der Waals surface area contributed by atoms with E-state index in [4.69, 9.17) is 0 Å². The summed E-state index contributed by atoms with van der Waals surface area (Å²) in [6.45, 7) is 6.80. The van der Waals surface area contributed by atoms with Crippen LogP contribution >= 0.6 is 0 Å². The van der Waals surface area contributed by atoms with E-state index in [-0.39, 0.29) is 12.3 Å². The Hall–Kier alpha value is -1.06. The van der Waals surface area contributed by atoms with Crippen LogP contribution in [-0.4, -0.2) is 34.5 Å². The van der Waals surface area contributed by atoms with Crippen molar-refractivity contribution >= 4 is 11.9 Å². The lowest BCUT2D eigenvalue weighted by Crippen LogP contribution is -2.51. The number of nitrogens with zero attached hydrogens (tertiary/aromatic N) is 1. The maximum Gasteiger partial charge on any atom is 0.305 e. The second-order valence-electron chi connectivity index (χ2n) is 14.9. The summed E-state index contributed by atoms with van der Waals surface area (Å²) in [5.41, 5.74) is -0.540. The topological polar surface area (TPSA) is 57.6 Å². The molecule has 0 saturated carbocycles. The van der Waals surface area contributed by atoms with E-state index in [0.717, 1.165) is 51.4 Å². The minimum absolute atomic E-state index is 0.0853. The van der Waals surface area contributed by atoms with Crippen LogP contribution in [0.2, 0.25) is 0 Å². The van der Waals surface area contributed by atoms with Crippen molar-refractivity contribution in [2.24, 2.45) is 0 Å². The summed E-state index contributed by atoms with van der Waals surface area (Å²) < 4.78 is 0. The van der Waals surface area contributed by atoms with Gasteiger partial charge in [0.1, 0.15) is 0 Å². The first-order valence-electron chi connectivity index (χ1n) is 20.9. The van der Waals surface area contributed by atoms with Crippen LogP contribution in [0.4, 0.5) is 0 Å². The van der Waals surface area contributed by atoms with Gasteiger partial charge in [-0.05, 0) is 19.3 Å². The highest BCUT2D eigenvalue weighted by Gasteiger charge is 2.38. The molecule has 0 aliphatic rings. The molecule has 4 heteroatoms. The van der Waals surface area contributed by atoms with Crippen LogP contribution in [0.3, 0.4) is 0 Å². The van der Waals surface area contributed by atoms with Gasteiger partial charge in [0.25, 0.3) is 0 Å². The van der Waals surface area contributed by atoms with Crippen molar-refractivity contribution in [2.45, 2.75) is 251 Å². The predicted molar refractivity (Wildman–Crippen MR) is 202 cm³/mol. The average Bonchev–Trinajstić information content (AvgIpc) is 3.04. The maximum absolute atomic E-state index is 13.5. The van der Waals surface area contributed by atoms with Crippen LogP contribution in [0.25, 0.3) is 0 Å². The molecule has 0 bridgehead atoms. The molecule has 0 saturated heterocycles. The summed E-state index contributed by atoms with van der Waals surface area (Å²) in [5.74, 6) is -0.594.